The molecule has 2 aliphatic rings. The van der Waals surface area contributed by atoms with Gasteiger partial charge in [0.15, 0.2) is 5.82 Å². The molecule has 1 aromatic heterocycles. The molecule has 1 atom stereocenters. The number of anilines is 2. The van der Waals surface area contributed by atoms with Crippen molar-refractivity contribution in [2.75, 3.05) is 23.3 Å². The minimum Gasteiger partial charge on any atom is -0.380 e. The van der Waals surface area contributed by atoms with Gasteiger partial charge in [-0.2, -0.15) is 0 Å². The third kappa shape index (κ3) is 1.55. The number of hydrogen-bond acceptors (Lipinski definition) is 3. The first kappa shape index (κ1) is 9.94. The lowest BCUT2D eigenvalue weighted by Gasteiger charge is -2.37. The Kier molecular flexibility index (Phi) is 2.46. The second-order valence-corrected chi connectivity index (χ2v) is 4.90. The van der Waals surface area contributed by atoms with Crippen molar-refractivity contribution in [3.05, 3.63) is 17.8 Å². The van der Waals surface area contributed by atoms with Gasteiger partial charge in [0.25, 0.3) is 0 Å². The average Bonchev–Trinajstić information content (AvgIpc) is 2.54. The summed E-state index contributed by atoms with van der Waals surface area (Å²) in [7, 11) is 0. The van der Waals surface area contributed by atoms with Crippen LogP contribution in [0, 0.1) is 6.92 Å². The van der Waals surface area contributed by atoms with E-state index >= 15 is 0 Å². The zero-order valence-corrected chi connectivity index (χ0v) is 9.87. The summed E-state index contributed by atoms with van der Waals surface area (Å²) >= 11 is 0. The zero-order valence-electron chi connectivity index (χ0n) is 9.87. The molecule has 3 heterocycles. The fourth-order valence-corrected chi connectivity index (χ4v) is 2.87. The largest absolute Gasteiger partial charge is 0.380 e. The lowest BCUT2D eigenvalue weighted by molar-refractivity contribution is 0.577. The van der Waals surface area contributed by atoms with Crippen LogP contribution < -0.4 is 10.2 Å². The van der Waals surface area contributed by atoms with Gasteiger partial charge in [-0.3, -0.25) is 0 Å². The van der Waals surface area contributed by atoms with Crippen LogP contribution in [0.1, 0.15) is 31.2 Å². The number of nitrogens with zero attached hydrogens (tertiary/aromatic N) is 2. The minimum absolute atomic E-state index is 0.657. The standard InChI is InChI=1S/C13H19N3/c1-10-6-7-14-13-12(10)15-9-11-5-3-2-4-8-16(11)13/h6-7,11,15H,2-5,8-9H2,1H3. The number of fused-ring (bicyclic) bond motifs is 3. The minimum atomic E-state index is 0.657. The summed E-state index contributed by atoms with van der Waals surface area (Å²) < 4.78 is 0. The SMILES string of the molecule is Cc1ccnc2c1NCC1CCCCCN21. The summed E-state index contributed by atoms with van der Waals surface area (Å²) in [5, 5.41) is 3.55. The Morgan fingerprint density at radius 3 is 3.25 bits per heavy atom. The van der Waals surface area contributed by atoms with Crippen molar-refractivity contribution in [3.8, 4) is 0 Å². The summed E-state index contributed by atoms with van der Waals surface area (Å²) in [6.45, 7) is 4.42. The van der Waals surface area contributed by atoms with E-state index in [2.05, 4.69) is 28.2 Å². The van der Waals surface area contributed by atoms with Crippen molar-refractivity contribution in [1.29, 1.82) is 0 Å². The molecule has 86 valence electrons. The Morgan fingerprint density at radius 1 is 1.38 bits per heavy atom. The van der Waals surface area contributed by atoms with E-state index in [1.54, 1.807) is 0 Å². The molecule has 2 aliphatic heterocycles. The van der Waals surface area contributed by atoms with Gasteiger partial charge in [0.2, 0.25) is 0 Å². The van der Waals surface area contributed by atoms with Crippen LogP contribution in [0.3, 0.4) is 0 Å². The van der Waals surface area contributed by atoms with Crippen LogP contribution in [0.2, 0.25) is 0 Å². The molecular weight excluding hydrogens is 198 g/mol. The summed E-state index contributed by atoms with van der Waals surface area (Å²) in [6, 6.07) is 2.74. The van der Waals surface area contributed by atoms with E-state index in [1.807, 2.05) is 6.20 Å². The van der Waals surface area contributed by atoms with Gasteiger partial charge in [0.05, 0.1) is 5.69 Å². The molecule has 0 amide bonds. The molecule has 1 N–H and O–H groups in total. The molecule has 3 heteroatoms. The molecule has 0 bridgehead atoms. The highest BCUT2D eigenvalue weighted by molar-refractivity contribution is 5.72. The van der Waals surface area contributed by atoms with Gasteiger partial charge in [-0.25, -0.2) is 4.98 Å². The molecule has 3 nitrogen and oxygen atoms in total. The highest BCUT2D eigenvalue weighted by atomic mass is 15.3. The average molecular weight is 217 g/mol. The lowest BCUT2D eigenvalue weighted by atomic mass is 10.1. The maximum Gasteiger partial charge on any atom is 0.152 e. The second kappa shape index (κ2) is 3.96. The van der Waals surface area contributed by atoms with Crippen LogP contribution in [0.25, 0.3) is 0 Å². The van der Waals surface area contributed by atoms with Gasteiger partial charge in [-0.05, 0) is 31.4 Å². The van der Waals surface area contributed by atoms with Crippen LogP contribution in [-0.2, 0) is 0 Å². The molecule has 0 aliphatic carbocycles. The monoisotopic (exact) mass is 217 g/mol. The first-order valence-electron chi connectivity index (χ1n) is 6.32. The molecular formula is C13H19N3. The normalized spacial score (nSPS) is 24.1. The van der Waals surface area contributed by atoms with Gasteiger partial charge < -0.3 is 10.2 Å². The third-order valence-corrected chi connectivity index (χ3v) is 3.80. The van der Waals surface area contributed by atoms with E-state index in [-0.39, 0.29) is 0 Å². The van der Waals surface area contributed by atoms with E-state index in [4.69, 9.17) is 0 Å². The van der Waals surface area contributed by atoms with Gasteiger partial charge >= 0.3 is 0 Å². The van der Waals surface area contributed by atoms with Crippen molar-refractivity contribution in [3.63, 3.8) is 0 Å². The highest BCUT2D eigenvalue weighted by Gasteiger charge is 2.28. The first-order valence-corrected chi connectivity index (χ1v) is 6.32. The number of hydrogen-bond donors (Lipinski definition) is 1. The molecule has 0 radical (unpaired) electrons. The van der Waals surface area contributed by atoms with Crippen LogP contribution in [0.5, 0.6) is 0 Å². The predicted molar refractivity (Wildman–Crippen MR) is 67.1 cm³/mol. The fourth-order valence-electron chi connectivity index (χ4n) is 2.87. The molecule has 3 rings (SSSR count). The number of nitrogens with one attached hydrogen (secondary N) is 1. The first-order chi connectivity index (χ1) is 7.86. The summed E-state index contributed by atoms with van der Waals surface area (Å²) in [6.07, 6.45) is 7.29. The number of aryl methyl sites for hydroxylation is 1. The second-order valence-electron chi connectivity index (χ2n) is 4.90. The third-order valence-electron chi connectivity index (χ3n) is 3.80. The van der Waals surface area contributed by atoms with Crippen molar-refractivity contribution >= 4 is 11.5 Å². The smallest absolute Gasteiger partial charge is 0.152 e. The quantitative estimate of drug-likeness (QED) is 0.724. The molecule has 0 spiro atoms. The summed E-state index contributed by atoms with van der Waals surface area (Å²) in [5.41, 5.74) is 2.56. The molecule has 1 saturated heterocycles. The Hall–Kier alpha value is -1.25. The molecule has 0 aromatic carbocycles. The maximum atomic E-state index is 4.57. The number of pyridine rings is 1. The Labute approximate surface area is 96.9 Å². The van der Waals surface area contributed by atoms with E-state index in [1.165, 1.54) is 49.3 Å². The van der Waals surface area contributed by atoms with Gasteiger partial charge in [-0.1, -0.05) is 12.8 Å². The topological polar surface area (TPSA) is 28.2 Å². The van der Waals surface area contributed by atoms with Crippen molar-refractivity contribution in [2.24, 2.45) is 0 Å². The van der Waals surface area contributed by atoms with Crippen LogP contribution in [0.15, 0.2) is 12.3 Å². The molecule has 0 saturated carbocycles. The van der Waals surface area contributed by atoms with E-state index in [0.29, 0.717) is 6.04 Å². The predicted octanol–water partition coefficient (Wildman–Crippen LogP) is 2.56. The summed E-state index contributed by atoms with van der Waals surface area (Å²) in [4.78, 5) is 7.09. The number of aromatic nitrogens is 1. The van der Waals surface area contributed by atoms with Gasteiger partial charge in [0, 0.05) is 25.3 Å². The molecule has 1 fully saturated rings. The maximum absolute atomic E-state index is 4.57. The zero-order chi connectivity index (χ0) is 11.0. The fraction of sp³-hybridized carbons (Fsp3) is 0.615. The van der Waals surface area contributed by atoms with E-state index in [0.717, 1.165) is 6.54 Å². The van der Waals surface area contributed by atoms with Crippen LogP contribution in [-0.4, -0.2) is 24.1 Å². The number of rotatable bonds is 0. The Balaban J connectivity index is 2.00. The van der Waals surface area contributed by atoms with E-state index < -0.39 is 0 Å². The van der Waals surface area contributed by atoms with E-state index in [9.17, 15) is 0 Å². The Morgan fingerprint density at radius 2 is 2.31 bits per heavy atom. The van der Waals surface area contributed by atoms with Gasteiger partial charge in [-0.15, -0.1) is 0 Å². The van der Waals surface area contributed by atoms with Crippen LogP contribution >= 0.6 is 0 Å². The van der Waals surface area contributed by atoms with Crippen LogP contribution in [0.4, 0.5) is 11.5 Å². The Bertz CT molecular complexity index is 389. The van der Waals surface area contributed by atoms with Crippen molar-refractivity contribution < 1.29 is 0 Å². The molecule has 16 heavy (non-hydrogen) atoms. The summed E-state index contributed by atoms with van der Waals surface area (Å²) in [5.74, 6) is 1.18. The van der Waals surface area contributed by atoms with Gasteiger partial charge in [0.1, 0.15) is 0 Å². The molecule has 1 aromatic rings. The molecule has 1 unspecified atom stereocenters. The lowest BCUT2D eigenvalue weighted by Crippen LogP contribution is -2.44. The highest BCUT2D eigenvalue weighted by Crippen LogP contribution is 2.34. The van der Waals surface area contributed by atoms with Crippen molar-refractivity contribution in [2.45, 2.75) is 38.6 Å². The van der Waals surface area contributed by atoms with Crippen molar-refractivity contribution in [1.82, 2.24) is 4.98 Å².